The number of benzene rings is 2. The summed E-state index contributed by atoms with van der Waals surface area (Å²) in [5, 5.41) is 3.03. The third-order valence-electron chi connectivity index (χ3n) is 4.05. The second kappa shape index (κ2) is 8.37. The Labute approximate surface area is 138 Å². The number of amides is 1. The molecule has 2 aromatic rings. The first-order valence-electron chi connectivity index (χ1n) is 8.27. The zero-order valence-electron chi connectivity index (χ0n) is 14.1. The van der Waals surface area contributed by atoms with Gasteiger partial charge in [0.25, 0.3) is 5.91 Å². The molecule has 2 rings (SSSR count). The van der Waals surface area contributed by atoms with Gasteiger partial charge in [-0.3, -0.25) is 4.79 Å². The topological polar surface area (TPSA) is 38.3 Å². The van der Waals surface area contributed by atoms with Crippen LogP contribution in [0.1, 0.15) is 45.1 Å². The molecule has 122 valence electrons. The molecule has 23 heavy (non-hydrogen) atoms. The molecule has 2 atom stereocenters. The maximum Gasteiger partial charge on any atom is 0.265 e. The second-order valence-corrected chi connectivity index (χ2v) is 5.71. The average Bonchev–Trinajstić information content (AvgIpc) is 2.60. The molecule has 0 fully saturated rings. The highest BCUT2D eigenvalue weighted by atomic mass is 16.5. The lowest BCUT2D eigenvalue weighted by Crippen LogP contribution is -2.32. The van der Waals surface area contributed by atoms with Crippen molar-refractivity contribution in [2.24, 2.45) is 0 Å². The minimum Gasteiger partial charge on any atom is -0.481 e. The van der Waals surface area contributed by atoms with E-state index in [0.717, 1.165) is 17.7 Å². The Balaban J connectivity index is 2.11. The van der Waals surface area contributed by atoms with Gasteiger partial charge in [0, 0.05) is 5.69 Å². The van der Waals surface area contributed by atoms with Crippen LogP contribution < -0.4 is 10.1 Å². The number of carbonyl (C=O) groups is 1. The van der Waals surface area contributed by atoms with Crippen molar-refractivity contribution in [2.45, 2.75) is 45.6 Å². The van der Waals surface area contributed by atoms with Crippen LogP contribution in [0.25, 0.3) is 0 Å². The van der Waals surface area contributed by atoms with E-state index >= 15 is 0 Å². The number of hydrogen-bond acceptors (Lipinski definition) is 2. The maximum absolute atomic E-state index is 12.6. The van der Waals surface area contributed by atoms with Gasteiger partial charge in [0.05, 0.1) is 0 Å². The van der Waals surface area contributed by atoms with Crippen molar-refractivity contribution in [1.29, 1.82) is 0 Å². The van der Waals surface area contributed by atoms with E-state index in [0.29, 0.717) is 18.1 Å². The van der Waals surface area contributed by atoms with E-state index in [1.54, 1.807) is 0 Å². The number of nitrogens with one attached hydrogen (secondary N) is 1. The molecule has 0 saturated heterocycles. The van der Waals surface area contributed by atoms with Gasteiger partial charge in [0.1, 0.15) is 5.75 Å². The Bertz CT molecular complexity index is 625. The van der Waals surface area contributed by atoms with Crippen molar-refractivity contribution in [1.82, 2.24) is 0 Å². The highest BCUT2D eigenvalue weighted by Crippen LogP contribution is 2.27. The smallest absolute Gasteiger partial charge is 0.265 e. The summed E-state index contributed by atoms with van der Waals surface area (Å²) in [5.74, 6) is 1.01. The fraction of sp³-hybridized carbons (Fsp3) is 0.350. The molecule has 0 heterocycles. The molecule has 0 aromatic heterocycles. The fourth-order valence-corrected chi connectivity index (χ4v) is 2.46. The van der Waals surface area contributed by atoms with Gasteiger partial charge in [-0.2, -0.15) is 0 Å². The predicted octanol–water partition coefficient (Wildman–Crippen LogP) is 5.00. The number of para-hydroxylation sites is 2. The summed E-state index contributed by atoms with van der Waals surface area (Å²) < 4.78 is 5.81. The van der Waals surface area contributed by atoms with Gasteiger partial charge in [-0.25, -0.2) is 0 Å². The average molecular weight is 311 g/mol. The van der Waals surface area contributed by atoms with Gasteiger partial charge in [0.15, 0.2) is 6.10 Å². The molecule has 0 aliphatic heterocycles. The van der Waals surface area contributed by atoms with Crippen LogP contribution in [0.5, 0.6) is 5.75 Å². The predicted molar refractivity (Wildman–Crippen MR) is 94.9 cm³/mol. The normalized spacial score (nSPS) is 13.2. The zero-order chi connectivity index (χ0) is 16.7. The Hall–Kier alpha value is -2.29. The van der Waals surface area contributed by atoms with E-state index in [1.165, 1.54) is 0 Å². The van der Waals surface area contributed by atoms with Crippen molar-refractivity contribution >= 4 is 11.6 Å². The molecule has 0 spiro atoms. The molecule has 0 bridgehead atoms. The quantitative estimate of drug-likeness (QED) is 0.781. The SMILES string of the molecule is CC[C@@H](Oc1ccccc1)C(=O)Nc1ccccc1[C@@H](C)CC. The van der Waals surface area contributed by atoms with E-state index in [-0.39, 0.29) is 5.91 Å². The Morgan fingerprint density at radius 3 is 2.30 bits per heavy atom. The molecule has 3 heteroatoms. The first kappa shape index (κ1) is 17.1. The molecule has 0 aliphatic carbocycles. The number of carbonyl (C=O) groups excluding carboxylic acids is 1. The van der Waals surface area contributed by atoms with Crippen molar-refractivity contribution < 1.29 is 9.53 Å². The minimum atomic E-state index is -0.498. The molecule has 3 nitrogen and oxygen atoms in total. The molecule has 0 unspecified atom stereocenters. The van der Waals surface area contributed by atoms with Gasteiger partial charge in [-0.05, 0) is 42.5 Å². The first-order chi connectivity index (χ1) is 11.2. The van der Waals surface area contributed by atoms with Crippen molar-refractivity contribution in [3.8, 4) is 5.75 Å². The fourth-order valence-electron chi connectivity index (χ4n) is 2.46. The molecular formula is C20H25NO2. The summed E-state index contributed by atoms with van der Waals surface area (Å²) in [6.07, 6.45) is 1.15. The van der Waals surface area contributed by atoms with E-state index in [9.17, 15) is 4.79 Å². The lowest BCUT2D eigenvalue weighted by atomic mass is 9.97. The highest BCUT2D eigenvalue weighted by Gasteiger charge is 2.20. The molecule has 0 radical (unpaired) electrons. The second-order valence-electron chi connectivity index (χ2n) is 5.71. The molecular weight excluding hydrogens is 286 g/mol. The number of anilines is 1. The summed E-state index contributed by atoms with van der Waals surface area (Å²) >= 11 is 0. The summed E-state index contributed by atoms with van der Waals surface area (Å²) in [7, 11) is 0. The zero-order valence-corrected chi connectivity index (χ0v) is 14.1. The standard InChI is InChI=1S/C20H25NO2/c1-4-15(3)17-13-9-10-14-18(17)21-20(22)19(5-2)23-16-11-7-6-8-12-16/h6-15,19H,4-5H2,1-3H3,(H,21,22)/t15-,19+/m0/s1. The maximum atomic E-state index is 12.6. The lowest BCUT2D eigenvalue weighted by Gasteiger charge is -2.20. The van der Waals surface area contributed by atoms with Gasteiger partial charge in [-0.1, -0.05) is 57.2 Å². The van der Waals surface area contributed by atoms with Crippen LogP contribution in [0.3, 0.4) is 0 Å². The number of ether oxygens (including phenoxy) is 1. The van der Waals surface area contributed by atoms with E-state index in [2.05, 4.69) is 25.2 Å². The monoisotopic (exact) mass is 311 g/mol. The molecule has 0 aliphatic rings. The molecule has 1 N–H and O–H groups in total. The van der Waals surface area contributed by atoms with Crippen LogP contribution in [0.4, 0.5) is 5.69 Å². The first-order valence-corrected chi connectivity index (χ1v) is 8.27. The van der Waals surface area contributed by atoms with Gasteiger partial charge in [-0.15, -0.1) is 0 Å². The molecule has 0 saturated carbocycles. The van der Waals surface area contributed by atoms with E-state index < -0.39 is 6.10 Å². The summed E-state index contributed by atoms with van der Waals surface area (Å²) in [4.78, 5) is 12.6. The lowest BCUT2D eigenvalue weighted by molar-refractivity contribution is -0.122. The number of rotatable bonds is 7. The summed E-state index contributed by atoms with van der Waals surface area (Å²) in [6.45, 7) is 6.27. The third-order valence-corrected chi connectivity index (χ3v) is 4.05. The Kier molecular flexibility index (Phi) is 6.21. The van der Waals surface area contributed by atoms with Crippen LogP contribution in [-0.4, -0.2) is 12.0 Å². The largest absolute Gasteiger partial charge is 0.481 e. The molecule has 2 aromatic carbocycles. The Morgan fingerprint density at radius 2 is 1.65 bits per heavy atom. The highest BCUT2D eigenvalue weighted by molar-refractivity contribution is 5.95. The Morgan fingerprint density at radius 1 is 1.00 bits per heavy atom. The van der Waals surface area contributed by atoms with Crippen LogP contribution in [0.2, 0.25) is 0 Å². The summed E-state index contributed by atoms with van der Waals surface area (Å²) in [6, 6.07) is 17.4. The van der Waals surface area contributed by atoms with Crippen LogP contribution >= 0.6 is 0 Å². The minimum absolute atomic E-state index is 0.105. The van der Waals surface area contributed by atoms with Crippen LogP contribution in [0.15, 0.2) is 54.6 Å². The third kappa shape index (κ3) is 4.59. The van der Waals surface area contributed by atoms with E-state index in [4.69, 9.17) is 4.74 Å². The molecule has 1 amide bonds. The van der Waals surface area contributed by atoms with Crippen molar-refractivity contribution in [3.05, 3.63) is 60.2 Å². The summed E-state index contributed by atoms with van der Waals surface area (Å²) in [5.41, 5.74) is 2.04. The van der Waals surface area contributed by atoms with Crippen molar-refractivity contribution in [3.63, 3.8) is 0 Å². The van der Waals surface area contributed by atoms with E-state index in [1.807, 2.05) is 55.5 Å². The van der Waals surface area contributed by atoms with Gasteiger partial charge >= 0.3 is 0 Å². The number of hydrogen-bond donors (Lipinski definition) is 1. The van der Waals surface area contributed by atoms with Crippen LogP contribution in [-0.2, 0) is 4.79 Å². The van der Waals surface area contributed by atoms with Gasteiger partial charge < -0.3 is 10.1 Å². The van der Waals surface area contributed by atoms with Crippen molar-refractivity contribution in [2.75, 3.05) is 5.32 Å². The van der Waals surface area contributed by atoms with Gasteiger partial charge in [0.2, 0.25) is 0 Å². The van der Waals surface area contributed by atoms with Crippen LogP contribution in [0, 0.1) is 0 Å².